The minimum atomic E-state index is -4.88. The number of morpholine rings is 1. The minimum Gasteiger partial charge on any atom is -0.406 e. The van der Waals surface area contributed by atoms with Gasteiger partial charge in [0.2, 0.25) is 26.2 Å². The van der Waals surface area contributed by atoms with Gasteiger partial charge in [0.05, 0.1) is 46.1 Å². The molecule has 6 rings (SSSR count). The van der Waals surface area contributed by atoms with Crippen molar-refractivity contribution >= 4 is 43.3 Å². The van der Waals surface area contributed by atoms with Crippen molar-refractivity contribution < 1.29 is 76.7 Å². The van der Waals surface area contributed by atoms with Crippen molar-refractivity contribution in [3.63, 3.8) is 0 Å². The molecule has 2 amide bonds. The van der Waals surface area contributed by atoms with Crippen molar-refractivity contribution in [2.75, 3.05) is 65.6 Å². The number of benzene rings is 3. The molecule has 1 unspecified atom stereocenters. The molecule has 1 N–H and O–H groups in total. The zero-order chi connectivity index (χ0) is 49.5. The van der Waals surface area contributed by atoms with Gasteiger partial charge in [0, 0.05) is 77.1 Å². The van der Waals surface area contributed by atoms with Crippen LogP contribution in [0, 0.1) is 11.3 Å². The highest BCUT2D eigenvalue weighted by atomic mass is 32.2. The Balaban J connectivity index is 0.000000266. The van der Waals surface area contributed by atoms with E-state index in [1.165, 1.54) is 8.61 Å². The lowest BCUT2D eigenvalue weighted by Gasteiger charge is -2.30. The van der Waals surface area contributed by atoms with E-state index in [4.69, 9.17) is 14.4 Å². The second kappa shape index (κ2) is 23.8. The number of carbonyl (C=O) groups excluding carboxylic acids is 2. The van der Waals surface area contributed by atoms with Gasteiger partial charge >= 0.3 is 12.7 Å². The number of carbonyl (C=O) groups is 2. The van der Waals surface area contributed by atoms with Gasteiger partial charge in [0.1, 0.15) is 11.5 Å². The first-order chi connectivity index (χ1) is 32.2. The van der Waals surface area contributed by atoms with Gasteiger partial charge < -0.3 is 34.1 Å². The van der Waals surface area contributed by atoms with Crippen LogP contribution in [0.1, 0.15) is 56.3 Å². The highest BCUT2D eigenvalue weighted by molar-refractivity contribution is 7.89. The summed E-state index contributed by atoms with van der Waals surface area (Å²) in [6, 6.07) is 16.6. The molecule has 0 spiro atoms. The summed E-state index contributed by atoms with van der Waals surface area (Å²) in [5.41, 5.74) is 2.01. The largest absolute Gasteiger partial charge is 0.573 e. The van der Waals surface area contributed by atoms with Crippen molar-refractivity contribution in [1.29, 1.82) is 5.26 Å². The van der Waals surface area contributed by atoms with Crippen LogP contribution in [0.5, 0.6) is 11.5 Å². The second-order valence-corrected chi connectivity index (χ2v) is 18.8. The monoisotopic (exact) mass is 1000 g/mol. The molecule has 370 valence electrons. The molecular weight excluding hydrogens is 957 g/mol. The molecule has 3 saturated heterocycles. The molecular formula is C42H47F6N7O11S2. The molecule has 0 aromatic heterocycles. The van der Waals surface area contributed by atoms with Crippen LogP contribution in [-0.2, 0) is 44.0 Å². The first-order valence-electron chi connectivity index (χ1n) is 20.9. The Morgan fingerprint density at radius 3 is 1.69 bits per heavy atom. The summed E-state index contributed by atoms with van der Waals surface area (Å²) in [6.07, 6.45) is -8.91. The zero-order valence-corrected chi connectivity index (χ0v) is 38.0. The smallest absolute Gasteiger partial charge is 0.406 e. The predicted octanol–water partition coefficient (Wildman–Crippen LogP) is 5.48. The van der Waals surface area contributed by atoms with Gasteiger partial charge in [-0.15, -0.1) is 26.3 Å². The number of halogens is 6. The Labute approximate surface area is 388 Å². The second-order valence-electron chi connectivity index (χ2n) is 14.9. The van der Waals surface area contributed by atoms with E-state index in [-0.39, 0.29) is 67.2 Å². The third kappa shape index (κ3) is 15.8. The van der Waals surface area contributed by atoms with Gasteiger partial charge in [-0.05, 0) is 67.1 Å². The molecule has 0 saturated carbocycles. The normalized spacial score (nSPS) is 16.8. The molecule has 0 aliphatic carbocycles. The molecule has 3 heterocycles. The summed E-state index contributed by atoms with van der Waals surface area (Å²) >= 11 is 0. The first kappa shape index (κ1) is 53.0. The highest BCUT2D eigenvalue weighted by Crippen LogP contribution is 2.29. The van der Waals surface area contributed by atoms with Gasteiger partial charge in [-0.2, -0.15) is 13.9 Å². The molecule has 68 heavy (non-hydrogen) atoms. The van der Waals surface area contributed by atoms with Crippen LogP contribution in [0.25, 0.3) is 0 Å². The Hall–Kier alpha value is -6.01. The molecule has 0 bridgehead atoms. The molecule has 1 atom stereocenters. The van der Waals surface area contributed by atoms with Crippen LogP contribution in [0.4, 0.5) is 26.3 Å². The number of hydrogen-bond acceptors (Lipinski definition) is 14. The average Bonchev–Trinajstić information content (AvgIpc) is 3.31. The lowest BCUT2D eigenvalue weighted by atomic mass is 10.1. The van der Waals surface area contributed by atoms with Gasteiger partial charge in [0.25, 0.3) is 11.8 Å². The van der Waals surface area contributed by atoms with Crippen molar-refractivity contribution in [2.45, 2.75) is 67.6 Å². The number of oxime groups is 2. The van der Waals surface area contributed by atoms with Crippen LogP contribution >= 0.6 is 0 Å². The van der Waals surface area contributed by atoms with E-state index >= 15 is 0 Å². The Kier molecular flexibility index (Phi) is 18.5. The Bertz CT molecular complexity index is 2500. The molecule has 18 nitrogen and oxygen atoms in total. The summed E-state index contributed by atoms with van der Waals surface area (Å²) in [6.45, 7) is 4.27. The maximum atomic E-state index is 13.2. The molecule has 3 fully saturated rings. The molecule has 3 aromatic rings. The predicted molar refractivity (Wildman–Crippen MR) is 229 cm³/mol. The number of amides is 2. The summed E-state index contributed by atoms with van der Waals surface area (Å²) < 4.78 is 140. The van der Waals surface area contributed by atoms with E-state index in [2.05, 4.69) is 25.1 Å². The Morgan fingerprint density at radius 2 is 1.24 bits per heavy atom. The molecule has 3 aliphatic rings. The molecule has 0 radical (unpaired) electrons. The van der Waals surface area contributed by atoms with E-state index in [9.17, 15) is 58.0 Å². The summed E-state index contributed by atoms with van der Waals surface area (Å²) in [5.74, 6) is -1.62. The molecule has 26 heteroatoms. The summed E-state index contributed by atoms with van der Waals surface area (Å²) in [4.78, 5) is 36.7. The topological polar surface area (TPSA) is 219 Å². The summed E-state index contributed by atoms with van der Waals surface area (Å²) in [7, 11) is -7.81. The van der Waals surface area contributed by atoms with E-state index < -0.39 is 50.4 Å². The molecule has 3 aromatic carbocycles. The number of ether oxygens (including phenoxy) is 3. The average molecular weight is 1000 g/mol. The van der Waals surface area contributed by atoms with E-state index in [1.807, 2.05) is 13.0 Å². The van der Waals surface area contributed by atoms with Gasteiger partial charge in [-0.1, -0.05) is 29.4 Å². The maximum Gasteiger partial charge on any atom is 0.573 e. The fraction of sp³-hybridized carbons (Fsp3) is 0.452. The highest BCUT2D eigenvalue weighted by Gasteiger charge is 2.35. The van der Waals surface area contributed by atoms with Crippen LogP contribution in [-0.4, -0.2) is 132 Å². The number of nitriles is 1. The zero-order valence-electron chi connectivity index (χ0n) is 36.4. The van der Waals surface area contributed by atoms with E-state index in [0.717, 1.165) is 55.0 Å². The number of nitrogens with zero attached hydrogens (tertiary/aromatic N) is 6. The lowest BCUT2D eigenvalue weighted by molar-refractivity contribution is -0.275. The van der Waals surface area contributed by atoms with Crippen molar-refractivity contribution in [2.24, 2.45) is 10.3 Å². The standard InChI is InChI=1S/C25H25F3N4O6S.C17H22F3N3O5S/c26-25(27,28)37-21-4-6-22(7-5-21)39(34,35)32-10-8-20(9-11-32)30-38-23(19-3-1-2-18(16-19)17-29)24(33)31-12-14-36-15-13-31;1-2-9-21-16(24)12-27-22-13-7-10-23(11-8-13)29(25,26)15-5-3-14(4-6-15)28-17(18,19)20/h1-7,16,23H,8-15H2;3-6H,2,7-12H2,1H3,(H,21,24). The van der Waals surface area contributed by atoms with Crippen molar-refractivity contribution in [3.8, 4) is 17.6 Å². The summed E-state index contributed by atoms with van der Waals surface area (Å²) in [5, 5.41) is 20.0. The lowest BCUT2D eigenvalue weighted by Crippen LogP contribution is -2.43. The number of sulfonamides is 2. The quantitative estimate of drug-likeness (QED) is 0.148. The minimum absolute atomic E-state index is 0.0668. The van der Waals surface area contributed by atoms with Crippen LogP contribution in [0.2, 0.25) is 0 Å². The SMILES string of the molecule is CCCNC(=O)CON=C1CCN(S(=O)(=O)c2ccc(OC(F)(F)F)cc2)CC1.N#Cc1cccc(C(ON=C2CCN(S(=O)(=O)c3ccc(OC(F)(F)F)cc3)CC2)C(=O)N2CCOCC2)c1. The number of piperidine rings is 2. The first-order valence-corrected chi connectivity index (χ1v) is 23.8. The fourth-order valence-electron chi connectivity index (χ4n) is 6.67. The Morgan fingerprint density at radius 1 is 0.750 bits per heavy atom. The van der Waals surface area contributed by atoms with Crippen molar-refractivity contribution in [1.82, 2.24) is 18.8 Å². The van der Waals surface area contributed by atoms with E-state index in [1.54, 1.807) is 29.2 Å². The number of nitrogens with one attached hydrogen (secondary N) is 1. The number of rotatable bonds is 15. The fourth-order valence-corrected chi connectivity index (χ4v) is 9.55. The van der Waals surface area contributed by atoms with Crippen LogP contribution in [0.15, 0.2) is 92.9 Å². The van der Waals surface area contributed by atoms with Crippen LogP contribution < -0.4 is 14.8 Å². The third-order valence-corrected chi connectivity index (χ3v) is 13.9. The third-order valence-electron chi connectivity index (χ3n) is 10.1. The number of alkyl halides is 6. The van der Waals surface area contributed by atoms with Gasteiger partial charge in [0.15, 0.2) is 6.61 Å². The molecule has 3 aliphatic heterocycles. The van der Waals surface area contributed by atoms with Crippen LogP contribution in [0.3, 0.4) is 0 Å². The van der Waals surface area contributed by atoms with Gasteiger partial charge in [-0.3, -0.25) is 9.59 Å². The van der Waals surface area contributed by atoms with E-state index in [0.29, 0.717) is 68.2 Å². The maximum absolute atomic E-state index is 13.2. The van der Waals surface area contributed by atoms with Gasteiger partial charge in [-0.25, -0.2) is 16.8 Å². The number of hydrogen-bond donors (Lipinski definition) is 1. The van der Waals surface area contributed by atoms with Crippen molar-refractivity contribution in [3.05, 3.63) is 83.9 Å².